The minimum Gasteiger partial charge on any atom is -0.753 e. The monoisotopic (exact) mass is 498 g/mol. The molecule has 13 heteroatoms. The molecule has 0 radical (unpaired) electrons. The van der Waals surface area contributed by atoms with Crippen molar-refractivity contribution in [1.82, 2.24) is 0 Å². The molecule has 1 saturated heterocycles. The van der Waals surface area contributed by atoms with Crippen LogP contribution in [-0.4, -0.2) is 60.4 Å². The number of piperidine rings is 1. The van der Waals surface area contributed by atoms with Crippen molar-refractivity contribution in [3.63, 3.8) is 0 Å². The number of hydrogen-bond donors (Lipinski definition) is 2. The van der Waals surface area contributed by atoms with Crippen LogP contribution in [-0.2, 0) is 34.1 Å². The minimum absolute atomic E-state index is 0. The number of hydrogen-bond acceptors (Lipinski definition) is 6. The molecule has 0 spiro atoms. The first kappa shape index (κ1) is 40.9. The number of azo groups is 1. The van der Waals surface area contributed by atoms with Crippen LogP contribution in [0, 0.1) is 0 Å². The first-order valence-electron chi connectivity index (χ1n) is 6.77. The molecular formula is C14H24Fe2N7O2S2-. The quantitative estimate of drug-likeness (QED) is 0.254. The maximum atomic E-state index is 7.13. The summed E-state index contributed by atoms with van der Waals surface area (Å²) in [7, 11) is 2.00. The van der Waals surface area contributed by atoms with Gasteiger partial charge in [-0.05, 0) is 12.8 Å². The Hall–Kier alpha value is -0.641. The number of allylic oxidation sites excluding steroid dienone is 1. The second-order valence-electron chi connectivity index (χ2n) is 3.61. The van der Waals surface area contributed by atoms with Crippen LogP contribution in [0.2, 0.25) is 0 Å². The summed E-state index contributed by atoms with van der Waals surface area (Å²) in [5.74, 6) is 0. The van der Waals surface area contributed by atoms with E-state index in [0.29, 0.717) is 6.04 Å². The van der Waals surface area contributed by atoms with Crippen molar-refractivity contribution in [3.8, 4) is 0 Å². The van der Waals surface area contributed by atoms with Crippen LogP contribution in [0.3, 0.4) is 0 Å². The van der Waals surface area contributed by atoms with Crippen LogP contribution >= 0.6 is 24.4 Å². The van der Waals surface area contributed by atoms with E-state index < -0.39 is 0 Å². The van der Waals surface area contributed by atoms with Crippen molar-refractivity contribution < 1.29 is 44.4 Å². The molecule has 1 fully saturated rings. The largest absolute Gasteiger partial charge is 4.00 e. The van der Waals surface area contributed by atoms with Gasteiger partial charge >= 0.3 is 17.1 Å². The molecule has 0 aromatic heterocycles. The Labute approximate surface area is 193 Å². The molecule has 0 aromatic rings. The van der Waals surface area contributed by atoms with Gasteiger partial charge in [0.1, 0.15) is 0 Å². The zero-order valence-electron chi connectivity index (χ0n) is 15.0. The number of isothiocyanates is 2. The van der Waals surface area contributed by atoms with E-state index in [-0.39, 0.29) is 40.3 Å². The van der Waals surface area contributed by atoms with E-state index in [0.717, 1.165) is 52.4 Å². The molecular weight excluding hydrogens is 474 g/mol. The van der Waals surface area contributed by atoms with Crippen LogP contribution in [0.1, 0.15) is 12.8 Å². The molecule has 2 heterocycles. The fourth-order valence-corrected chi connectivity index (χ4v) is 1.48. The molecule has 2 aliphatic rings. The van der Waals surface area contributed by atoms with Crippen molar-refractivity contribution in [2.75, 3.05) is 33.9 Å². The number of nitrogens with zero attached hydrogens (tertiary/aromatic N) is 6. The molecule has 2 rings (SSSR count). The molecule has 156 valence electrons. The average Bonchev–Trinajstić information content (AvgIpc) is 2.66. The molecule has 0 bridgehead atoms. The van der Waals surface area contributed by atoms with E-state index in [4.69, 9.17) is 21.0 Å². The molecule has 0 aliphatic carbocycles. The van der Waals surface area contributed by atoms with Crippen LogP contribution < -0.4 is 0 Å². The second kappa shape index (κ2) is 40.1. The van der Waals surface area contributed by atoms with Gasteiger partial charge in [-0.1, -0.05) is 36.6 Å². The van der Waals surface area contributed by atoms with Gasteiger partial charge in [0.2, 0.25) is 0 Å². The third kappa shape index (κ3) is 33.4. The third-order valence-electron chi connectivity index (χ3n) is 2.33. The van der Waals surface area contributed by atoms with E-state index in [1.807, 2.05) is 12.2 Å². The third-order valence-corrected chi connectivity index (χ3v) is 2.33. The van der Waals surface area contributed by atoms with Crippen molar-refractivity contribution in [3.05, 3.63) is 51.7 Å². The molecule has 0 aromatic carbocycles. The van der Waals surface area contributed by atoms with Crippen molar-refractivity contribution >= 4 is 34.8 Å². The molecule has 0 saturated carbocycles. The fraction of sp³-hybridized carbons (Fsp3) is 0.571. The summed E-state index contributed by atoms with van der Waals surface area (Å²) in [5.41, 5.74) is 0.933. The number of rotatable bonds is 2. The molecule has 0 atom stereocenters. The SMILES string of the molecule is C1=CC(N=NC2CC[N-]CC2)=CC[N-]1.CO.CO.[Fe+4].[Fe].[N-]=C=S.[N-]=C=S.[NH2-]. The normalized spacial score (nSPS) is 13.3. The van der Waals surface area contributed by atoms with Gasteiger partial charge in [-0.3, -0.25) is 0 Å². The van der Waals surface area contributed by atoms with Crippen molar-refractivity contribution in [2.24, 2.45) is 10.2 Å². The Kier molecular flexibility index (Phi) is 60.8. The first-order chi connectivity index (χ1) is 11.8. The fourth-order valence-electron chi connectivity index (χ4n) is 1.48. The maximum absolute atomic E-state index is 7.13. The van der Waals surface area contributed by atoms with Gasteiger partial charge in [0.05, 0.1) is 11.7 Å². The Morgan fingerprint density at radius 1 is 1.11 bits per heavy atom. The minimum atomic E-state index is 0. The van der Waals surface area contributed by atoms with Crippen LogP contribution in [0.15, 0.2) is 34.3 Å². The summed E-state index contributed by atoms with van der Waals surface area (Å²) in [4.78, 5) is 0. The van der Waals surface area contributed by atoms with E-state index in [1.165, 1.54) is 10.3 Å². The van der Waals surface area contributed by atoms with Gasteiger partial charge in [-0.2, -0.15) is 26.8 Å². The van der Waals surface area contributed by atoms with Gasteiger partial charge in [-0.15, -0.1) is 19.6 Å². The van der Waals surface area contributed by atoms with E-state index in [1.54, 1.807) is 6.20 Å². The van der Waals surface area contributed by atoms with Crippen LogP contribution in [0.4, 0.5) is 0 Å². The van der Waals surface area contributed by atoms with Gasteiger partial charge in [0.15, 0.2) is 0 Å². The van der Waals surface area contributed by atoms with E-state index in [9.17, 15) is 0 Å². The summed E-state index contributed by atoms with van der Waals surface area (Å²) in [6.45, 7) is 2.60. The zero-order chi connectivity index (χ0) is 19.1. The zero-order valence-corrected chi connectivity index (χ0v) is 18.9. The molecule has 0 amide bonds. The average molecular weight is 498 g/mol. The molecule has 0 unspecified atom stereocenters. The first-order valence-corrected chi connectivity index (χ1v) is 7.59. The smallest absolute Gasteiger partial charge is 0.753 e. The predicted molar refractivity (Wildman–Crippen MR) is 110 cm³/mol. The number of thiocarbonyl (C=S) groups is 2. The molecule has 2 aliphatic heterocycles. The molecule has 4 N–H and O–H groups in total. The van der Waals surface area contributed by atoms with Gasteiger partial charge in [0.25, 0.3) is 0 Å². The summed E-state index contributed by atoms with van der Waals surface area (Å²) in [6.07, 6.45) is 7.75. The van der Waals surface area contributed by atoms with E-state index in [2.05, 4.69) is 45.3 Å². The summed E-state index contributed by atoms with van der Waals surface area (Å²) in [5, 5.41) is 47.8. The standard InChI is InChI=1S/C10H14N4.2CNS.2CH4O.2Fe.H2N/c1-5-11-6-2-9(1)13-14-10-3-7-12-8-4-10;2*2-1-3;2*1-2;;;/h1-2,5,10H,3-4,6-8H2;;;2*2H,1H3;;;1H2/q-2;2*-1;;;;+4;-1. The van der Waals surface area contributed by atoms with Gasteiger partial charge < -0.3 is 37.8 Å². The van der Waals surface area contributed by atoms with E-state index >= 15 is 0 Å². The summed E-state index contributed by atoms with van der Waals surface area (Å²) >= 11 is 7.40. The number of aliphatic hydroxyl groups is 2. The Bertz CT molecular complexity index is 423. The Balaban J connectivity index is -0.0000000735. The maximum Gasteiger partial charge on any atom is 4.00 e. The van der Waals surface area contributed by atoms with Crippen LogP contribution in [0.5, 0.6) is 0 Å². The Morgan fingerprint density at radius 2 is 1.56 bits per heavy atom. The van der Waals surface area contributed by atoms with Crippen molar-refractivity contribution in [2.45, 2.75) is 18.9 Å². The topological polar surface area (TPSA) is 171 Å². The number of aliphatic hydroxyl groups excluding tert-OH is 2. The summed E-state index contributed by atoms with van der Waals surface area (Å²) < 4.78 is 0. The number of nitrogens with two attached hydrogens (primary N) is 1. The van der Waals surface area contributed by atoms with Crippen molar-refractivity contribution in [1.29, 1.82) is 0 Å². The predicted octanol–water partition coefficient (Wildman–Crippen LogP) is 4.01. The van der Waals surface area contributed by atoms with Gasteiger partial charge in [-0.25, -0.2) is 0 Å². The second-order valence-corrected chi connectivity index (χ2v) is 3.98. The van der Waals surface area contributed by atoms with Gasteiger partial charge in [0, 0.05) is 31.3 Å². The summed E-state index contributed by atoms with van der Waals surface area (Å²) in [6, 6.07) is 0.376. The Morgan fingerprint density at radius 3 is 1.93 bits per heavy atom. The van der Waals surface area contributed by atoms with Crippen LogP contribution in [0.25, 0.3) is 27.6 Å². The molecule has 27 heavy (non-hydrogen) atoms. The molecule has 9 nitrogen and oxygen atoms in total.